The third kappa shape index (κ3) is 1.93. The molecule has 1 aliphatic carbocycles. The second-order valence-corrected chi connectivity index (χ2v) is 5.41. The highest BCUT2D eigenvalue weighted by Gasteiger charge is 2.48. The van der Waals surface area contributed by atoms with Crippen LogP contribution in [0.2, 0.25) is 0 Å². The topological polar surface area (TPSA) is 87.0 Å². The van der Waals surface area contributed by atoms with Crippen molar-refractivity contribution in [2.75, 3.05) is 0 Å². The van der Waals surface area contributed by atoms with Crippen LogP contribution in [0.5, 0.6) is 0 Å². The van der Waals surface area contributed by atoms with Crippen LogP contribution in [0.3, 0.4) is 0 Å². The molecule has 3 N–H and O–H groups in total. The van der Waals surface area contributed by atoms with E-state index >= 15 is 0 Å². The lowest BCUT2D eigenvalue weighted by Crippen LogP contribution is -2.30. The molecule has 100 valence electrons. The van der Waals surface area contributed by atoms with Crippen molar-refractivity contribution in [1.29, 1.82) is 0 Å². The SMILES string of the molecule is CC(=C1C=C(O)C(=O)O1)C1C(O)CC(C)(O)C1C. The summed E-state index contributed by atoms with van der Waals surface area (Å²) in [5, 5.41) is 29.4. The molecule has 0 radical (unpaired) electrons. The molecule has 5 nitrogen and oxygen atoms in total. The number of hydrogen-bond donors (Lipinski definition) is 3. The van der Waals surface area contributed by atoms with E-state index in [1.807, 2.05) is 6.92 Å². The van der Waals surface area contributed by atoms with Crippen molar-refractivity contribution in [3.8, 4) is 0 Å². The molecule has 0 amide bonds. The van der Waals surface area contributed by atoms with Crippen LogP contribution in [0.25, 0.3) is 0 Å². The van der Waals surface area contributed by atoms with Crippen molar-refractivity contribution in [2.45, 2.75) is 38.9 Å². The van der Waals surface area contributed by atoms with E-state index in [2.05, 4.69) is 0 Å². The average Bonchev–Trinajstić information content (AvgIpc) is 2.67. The quantitative estimate of drug-likeness (QED) is 0.608. The van der Waals surface area contributed by atoms with Gasteiger partial charge < -0.3 is 20.1 Å². The molecule has 4 unspecified atom stereocenters. The zero-order valence-electron chi connectivity index (χ0n) is 10.7. The van der Waals surface area contributed by atoms with Gasteiger partial charge in [-0.1, -0.05) is 6.92 Å². The maximum atomic E-state index is 11.1. The molecule has 2 aliphatic rings. The van der Waals surface area contributed by atoms with Crippen molar-refractivity contribution in [2.24, 2.45) is 11.8 Å². The van der Waals surface area contributed by atoms with Crippen molar-refractivity contribution in [1.82, 2.24) is 0 Å². The van der Waals surface area contributed by atoms with Gasteiger partial charge in [-0.3, -0.25) is 0 Å². The van der Waals surface area contributed by atoms with Crippen LogP contribution in [0, 0.1) is 11.8 Å². The Morgan fingerprint density at radius 2 is 2.17 bits per heavy atom. The minimum absolute atomic E-state index is 0.158. The molecule has 1 fully saturated rings. The number of esters is 1. The number of rotatable bonds is 1. The van der Waals surface area contributed by atoms with Crippen LogP contribution in [0.1, 0.15) is 27.2 Å². The summed E-state index contributed by atoms with van der Waals surface area (Å²) in [6, 6.07) is 0. The van der Waals surface area contributed by atoms with Gasteiger partial charge in [0, 0.05) is 18.4 Å². The van der Waals surface area contributed by atoms with E-state index in [0.29, 0.717) is 5.57 Å². The number of aliphatic hydroxyl groups excluding tert-OH is 2. The van der Waals surface area contributed by atoms with E-state index in [-0.39, 0.29) is 24.0 Å². The summed E-state index contributed by atoms with van der Waals surface area (Å²) in [6.45, 7) is 5.28. The number of carbonyl (C=O) groups is 1. The van der Waals surface area contributed by atoms with E-state index in [1.165, 1.54) is 6.08 Å². The number of ether oxygens (including phenoxy) is 1. The van der Waals surface area contributed by atoms with Gasteiger partial charge in [0.1, 0.15) is 5.76 Å². The average molecular weight is 254 g/mol. The predicted octanol–water partition coefficient (Wildman–Crippen LogP) is 1.03. The first-order chi connectivity index (χ1) is 8.24. The van der Waals surface area contributed by atoms with Crippen molar-refractivity contribution in [3.63, 3.8) is 0 Å². The van der Waals surface area contributed by atoms with Gasteiger partial charge in [0.2, 0.25) is 5.76 Å². The minimum atomic E-state index is -0.944. The Morgan fingerprint density at radius 1 is 1.56 bits per heavy atom. The summed E-state index contributed by atoms with van der Waals surface area (Å²) in [7, 11) is 0. The molecule has 0 aromatic rings. The molecule has 1 heterocycles. The summed E-state index contributed by atoms with van der Waals surface area (Å²) in [5.74, 6) is -1.39. The molecule has 0 aromatic carbocycles. The fourth-order valence-electron chi connectivity index (χ4n) is 2.84. The highest BCUT2D eigenvalue weighted by molar-refractivity contribution is 5.90. The van der Waals surface area contributed by atoms with Crippen molar-refractivity contribution < 1.29 is 24.9 Å². The highest BCUT2D eigenvalue weighted by Crippen LogP contribution is 2.44. The third-order valence-corrected chi connectivity index (χ3v) is 4.12. The maximum Gasteiger partial charge on any atom is 0.378 e. The van der Waals surface area contributed by atoms with Crippen LogP contribution in [0.15, 0.2) is 23.2 Å². The van der Waals surface area contributed by atoms with Gasteiger partial charge in [0.25, 0.3) is 0 Å². The number of hydrogen-bond acceptors (Lipinski definition) is 5. The molecule has 1 saturated carbocycles. The molecule has 4 atom stereocenters. The van der Waals surface area contributed by atoms with Gasteiger partial charge in [0.05, 0.1) is 11.7 Å². The summed E-state index contributed by atoms with van der Waals surface area (Å²) < 4.78 is 4.92. The lowest BCUT2D eigenvalue weighted by Gasteiger charge is -2.26. The molecular weight excluding hydrogens is 236 g/mol. The monoisotopic (exact) mass is 254 g/mol. The first-order valence-electron chi connectivity index (χ1n) is 5.98. The Bertz CT molecular complexity index is 446. The van der Waals surface area contributed by atoms with E-state index in [0.717, 1.165) is 0 Å². The van der Waals surface area contributed by atoms with E-state index < -0.39 is 23.4 Å². The molecule has 18 heavy (non-hydrogen) atoms. The fraction of sp³-hybridized carbons (Fsp3) is 0.615. The standard InChI is InChI=1S/C13H18O5/c1-6(10-4-8(14)12(16)18-10)11-7(2)13(3,17)5-9(11)15/h4,7,9,11,14-15,17H,5H2,1-3H3. The Balaban J connectivity index is 2.33. The van der Waals surface area contributed by atoms with Gasteiger partial charge in [-0.15, -0.1) is 0 Å². The Kier molecular flexibility index (Phi) is 2.99. The zero-order valence-corrected chi connectivity index (χ0v) is 10.7. The van der Waals surface area contributed by atoms with Crippen molar-refractivity contribution in [3.05, 3.63) is 23.2 Å². The summed E-state index contributed by atoms with van der Waals surface area (Å²) in [5.41, 5.74) is -0.273. The largest absolute Gasteiger partial charge is 0.502 e. The maximum absolute atomic E-state index is 11.1. The third-order valence-electron chi connectivity index (χ3n) is 4.12. The van der Waals surface area contributed by atoms with Gasteiger partial charge in [0.15, 0.2) is 0 Å². The highest BCUT2D eigenvalue weighted by atomic mass is 16.6. The van der Waals surface area contributed by atoms with Crippen LogP contribution in [-0.4, -0.2) is 33.0 Å². The zero-order chi connectivity index (χ0) is 13.7. The van der Waals surface area contributed by atoms with E-state index in [9.17, 15) is 20.1 Å². The van der Waals surface area contributed by atoms with E-state index in [1.54, 1.807) is 13.8 Å². The predicted molar refractivity (Wildman–Crippen MR) is 63.4 cm³/mol. The molecule has 2 rings (SSSR count). The number of cyclic esters (lactones) is 1. The fourth-order valence-corrected chi connectivity index (χ4v) is 2.84. The number of allylic oxidation sites excluding steroid dienone is 1. The van der Waals surface area contributed by atoms with Crippen LogP contribution in [0.4, 0.5) is 0 Å². The first-order valence-corrected chi connectivity index (χ1v) is 5.98. The smallest absolute Gasteiger partial charge is 0.378 e. The van der Waals surface area contributed by atoms with Gasteiger partial charge >= 0.3 is 5.97 Å². The second-order valence-electron chi connectivity index (χ2n) is 5.41. The van der Waals surface area contributed by atoms with Gasteiger partial charge in [-0.05, 0) is 25.3 Å². The van der Waals surface area contributed by atoms with Crippen LogP contribution < -0.4 is 0 Å². The molecule has 0 spiro atoms. The molecule has 5 heteroatoms. The Morgan fingerprint density at radius 3 is 2.56 bits per heavy atom. The Labute approximate surface area is 105 Å². The number of aliphatic hydroxyl groups is 3. The Hall–Kier alpha value is -1.33. The van der Waals surface area contributed by atoms with Crippen LogP contribution in [-0.2, 0) is 9.53 Å². The first kappa shape index (κ1) is 13.1. The van der Waals surface area contributed by atoms with Gasteiger partial charge in [-0.2, -0.15) is 0 Å². The summed E-state index contributed by atoms with van der Waals surface area (Å²) in [4.78, 5) is 11.1. The molecular formula is C13H18O5. The molecule has 1 aliphatic heterocycles. The summed E-state index contributed by atoms with van der Waals surface area (Å²) >= 11 is 0. The number of carbonyl (C=O) groups excluding carboxylic acids is 1. The van der Waals surface area contributed by atoms with Gasteiger partial charge in [-0.25, -0.2) is 4.79 Å². The second kappa shape index (κ2) is 4.10. The molecule has 0 saturated heterocycles. The van der Waals surface area contributed by atoms with Crippen molar-refractivity contribution >= 4 is 5.97 Å². The molecule has 0 bridgehead atoms. The lowest BCUT2D eigenvalue weighted by atomic mass is 9.84. The van der Waals surface area contributed by atoms with Crippen LogP contribution >= 0.6 is 0 Å². The summed E-state index contributed by atoms with van der Waals surface area (Å²) in [6.07, 6.45) is 0.856. The molecule has 0 aromatic heterocycles. The minimum Gasteiger partial charge on any atom is -0.502 e. The lowest BCUT2D eigenvalue weighted by molar-refractivity contribution is -0.135. The van der Waals surface area contributed by atoms with E-state index in [4.69, 9.17) is 4.74 Å². The normalized spacial score (nSPS) is 42.8.